The van der Waals surface area contributed by atoms with Gasteiger partial charge in [-0.3, -0.25) is 0 Å². The standard InChI is InChI=1S/C21H20N2OS/c1-2-24-20-14-12-19(13-15-20)23-21(25)22-18-10-8-17(9-11-18)16-6-4-3-5-7-16/h3-15H,2H2,1H3,(H2,22,23,25). The molecule has 0 heterocycles. The highest BCUT2D eigenvalue weighted by atomic mass is 32.1. The van der Waals surface area contributed by atoms with Gasteiger partial charge in [-0.05, 0) is 66.7 Å². The normalized spacial score (nSPS) is 10.1. The van der Waals surface area contributed by atoms with Crippen LogP contribution < -0.4 is 15.4 Å². The van der Waals surface area contributed by atoms with Crippen LogP contribution in [0.5, 0.6) is 5.75 Å². The molecule has 0 aliphatic heterocycles. The van der Waals surface area contributed by atoms with Crippen LogP contribution >= 0.6 is 12.2 Å². The molecule has 3 aromatic carbocycles. The molecule has 0 spiro atoms. The van der Waals surface area contributed by atoms with Crippen LogP contribution in [0.3, 0.4) is 0 Å². The summed E-state index contributed by atoms with van der Waals surface area (Å²) in [6, 6.07) is 26.2. The van der Waals surface area contributed by atoms with Crippen molar-refractivity contribution in [2.75, 3.05) is 17.2 Å². The van der Waals surface area contributed by atoms with E-state index in [4.69, 9.17) is 17.0 Å². The Morgan fingerprint density at radius 1 is 0.760 bits per heavy atom. The summed E-state index contributed by atoms with van der Waals surface area (Å²) in [7, 11) is 0. The molecule has 0 fully saturated rings. The fourth-order valence-corrected chi connectivity index (χ4v) is 2.71. The quantitative estimate of drug-likeness (QED) is 0.591. The van der Waals surface area contributed by atoms with E-state index >= 15 is 0 Å². The minimum atomic E-state index is 0.552. The Balaban J connectivity index is 1.59. The molecule has 3 aromatic rings. The van der Waals surface area contributed by atoms with E-state index in [2.05, 4.69) is 34.9 Å². The lowest BCUT2D eigenvalue weighted by molar-refractivity contribution is 0.340. The van der Waals surface area contributed by atoms with Crippen molar-refractivity contribution in [2.45, 2.75) is 6.92 Å². The third kappa shape index (κ3) is 4.81. The molecule has 0 saturated heterocycles. The van der Waals surface area contributed by atoms with Gasteiger partial charge < -0.3 is 15.4 Å². The molecule has 3 nitrogen and oxygen atoms in total. The summed E-state index contributed by atoms with van der Waals surface area (Å²) in [5, 5.41) is 6.92. The van der Waals surface area contributed by atoms with Crippen LogP contribution in [0, 0.1) is 0 Å². The van der Waals surface area contributed by atoms with Crippen molar-refractivity contribution in [3.63, 3.8) is 0 Å². The van der Waals surface area contributed by atoms with Gasteiger partial charge in [-0.2, -0.15) is 0 Å². The predicted molar refractivity (Wildman–Crippen MR) is 109 cm³/mol. The van der Waals surface area contributed by atoms with Crippen molar-refractivity contribution >= 4 is 28.7 Å². The third-order valence-corrected chi connectivity index (χ3v) is 3.88. The fourth-order valence-electron chi connectivity index (χ4n) is 2.47. The lowest BCUT2D eigenvalue weighted by atomic mass is 10.1. The summed E-state index contributed by atoms with van der Waals surface area (Å²) in [5.74, 6) is 0.850. The van der Waals surface area contributed by atoms with E-state index in [0.717, 1.165) is 17.1 Å². The van der Waals surface area contributed by atoms with Crippen molar-refractivity contribution in [3.05, 3.63) is 78.9 Å². The third-order valence-electron chi connectivity index (χ3n) is 3.67. The monoisotopic (exact) mass is 348 g/mol. The van der Waals surface area contributed by atoms with E-state index in [9.17, 15) is 0 Å². The largest absolute Gasteiger partial charge is 0.494 e. The average Bonchev–Trinajstić information content (AvgIpc) is 2.65. The van der Waals surface area contributed by atoms with Gasteiger partial charge in [-0.15, -0.1) is 0 Å². The summed E-state index contributed by atoms with van der Waals surface area (Å²) in [6.07, 6.45) is 0. The number of benzene rings is 3. The Labute approximate surface area is 153 Å². The maximum atomic E-state index is 5.43. The van der Waals surface area contributed by atoms with E-state index < -0.39 is 0 Å². The highest BCUT2D eigenvalue weighted by molar-refractivity contribution is 7.80. The number of rotatable bonds is 5. The SMILES string of the molecule is CCOc1ccc(NC(=S)Nc2ccc(-c3ccccc3)cc2)cc1. The second kappa shape index (κ2) is 8.31. The summed E-state index contributed by atoms with van der Waals surface area (Å²) in [5.41, 5.74) is 4.24. The van der Waals surface area contributed by atoms with Crippen LogP contribution in [0.4, 0.5) is 11.4 Å². The summed E-state index contributed by atoms with van der Waals surface area (Å²) in [6.45, 7) is 2.62. The van der Waals surface area contributed by atoms with Crippen molar-refractivity contribution in [2.24, 2.45) is 0 Å². The molecule has 126 valence electrons. The Morgan fingerprint density at radius 2 is 1.28 bits per heavy atom. The maximum Gasteiger partial charge on any atom is 0.175 e. The number of ether oxygens (including phenoxy) is 1. The number of hydrogen-bond donors (Lipinski definition) is 2. The van der Waals surface area contributed by atoms with Gasteiger partial charge in [-0.25, -0.2) is 0 Å². The number of anilines is 2. The van der Waals surface area contributed by atoms with Crippen molar-refractivity contribution in [1.29, 1.82) is 0 Å². The Morgan fingerprint density at radius 3 is 1.84 bits per heavy atom. The Kier molecular flexibility index (Phi) is 5.65. The molecule has 0 unspecified atom stereocenters. The lowest BCUT2D eigenvalue weighted by Gasteiger charge is -2.12. The van der Waals surface area contributed by atoms with Crippen molar-refractivity contribution < 1.29 is 4.74 Å². The van der Waals surface area contributed by atoms with Crippen LogP contribution in [-0.4, -0.2) is 11.7 Å². The van der Waals surface area contributed by atoms with Gasteiger partial charge in [0.1, 0.15) is 5.75 Å². The highest BCUT2D eigenvalue weighted by Gasteiger charge is 2.01. The number of nitrogens with one attached hydrogen (secondary N) is 2. The molecule has 0 aromatic heterocycles. The molecule has 0 bridgehead atoms. The molecular formula is C21H20N2OS. The first-order chi connectivity index (χ1) is 12.2. The van der Waals surface area contributed by atoms with Gasteiger partial charge in [0, 0.05) is 11.4 Å². The molecule has 2 N–H and O–H groups in total. The van der Waals surface area contributed by atoms with Crippen molar-refractivity contribution in [3.8, 4) is 16.9 Å². The Hall–Kier alpha value is -2.85. The first kappa shape index (κ1) is 17.0. The second-order valence-electron chi connectivity index (χ2n) is 5.48. The summed E-state index contributed by atoms with van der Waals surface area (Å²) < 4.78 is 5.43. The smallest absolute Gasteiger partial charge is 0.175 e. The lowest BCUT2D eigenvalue weighted by Crippen LogP contribution is -2.18. The van der Waals surface area contributed by atoms with Crippen molar-refractivity contribution in [1.82, 2.24) is 0 Å². The number of hydrogen-bond acceptors (Lipinski definition) is 2. The Bertz CT molecular complexity index is 815. The second-order valence-corrected chi connectivity index (χ2v) is 5.89. The molecule has 0 saturated carbocycles. The van der Waals surface area contributed by atoms with Crippen LogP contribution in [0.15, 0.2) is 78.9 Å². The molecule has 0 radical (unpaired) electrons. The van der Waals surface area contributed by atoms with Gasteiger partial charge in [0.05, 0.1) is 6.61 Å². The molecule has 0 aliphatic rings. The topological polar surface area (TPSA) is 33.3 Å². The molecular weight excluding hydrogens is 328 g/mol. The number of thiocarbonyl (C=S) groups is 1. The van der Waals surface area contributed by atoms with Crippen LogP contribution in [0.25, 0.3) is 11.1 Å². The van der Waals surface area contributed by atoms with E-state index in [1.165, 1.54) is 11.1 Å². The first-order valence-electron chi connectivity index (χ1n) is 8.21. The van der Waals surface area contributed by atoms with Crippen LogP contribution in [-0.2, 0) is 0 Å². The van der Waals surface area contributed by atoms with E-state index in [1.807, 2.05) is 61.5 Å². The van der Waals surface area contributed by atoms with Gasteiger partial charge >= 0.3 is 0 Å². The van der Waals surface area contributed by atoms with Crippen LogP contribution in [0.2, 0.25) is 0 Å². The van der Waals surface area contributed by atoms with Gasteiger partial charge in [0.15, 0.2) is 5.11 Å². The molecule has 0 amide bonds. The molecule has 0 aliphatic carbocycles. The summed E-state index contributed by atoms with van der Waals surface area (Å²) >= 11 is 5.37. The van der Waals surface area contributed by atoms with E-state index in [-0.39, 0.29) is 0 Å². The fraction of sp³-hybridized carbons (Fsp3) is 0.0952. The first-order valence-corrected chi connectivity index (χ1v) is 8.62. The zero-order chi connectivity index (χ0) is 17.5. The zero-order valence-corrected chi connectivity index (χ0v) is 14.8. The molecule has 0 atom stereocenters. The van der Waals surface area contributed by atoms with Crippen LogP contribution in [0.1, 0.15) is 6.92 Å². The summed E-state index contributed by atoms with van der Waals surface area (Å²) in [4.78, 5) is 0. The van der Waals surface area contributed by atoms with E-state index in [0.29, 0.717) is 11.7 Å². The van der Waals surface area contributed by atoms with Gasteiger partial charge in [0.2, 0.25) is 0 Å². The molecule has 25 heavy (non-hydrogen) atoms. The molecule has 4 heteroatoms. The minimum absolute atomic E-state index is 0.552. The predicted octanol–water partition coefficient (Wildman–Crippen LogP) is 5.56. The average molecular weight is 348 g/mol. The van der Waals surface area contributed by atoms with Gasteiger partial charge in [-0.1, -0.05) is 42.5 Å². The highest BCUT2D eigenvalue weighted by Crippen LogP contribution is 2.21. The molecule has 3 rings (SSSR count). The zero-order valence-electron chi connectivity index (χ0n) is 14.0. The van der Waals surface area contributed by atoms with E-state index in [1.54, 1.807) is 0 Å². The maximum absolute atomic E-state index is 5.43. The van der Waals surface area contributed by atoms with Gasteiger partial charge in [0.25, 0.3) is 0 Å². The minimum Gasteiger partial charge on any atom is -0.494 e.